The van der Waals surface area contributed by atoms with Crippen molar-refractivity contribution < 1.29 is 21.1 Å². The fraction of sp³-hybridized carbons (Fsp3) is 0.167. The van der Waals surface area contributed by atoms with Crippen LogP contribution in [0.4, 0.5) is 0 Å². The summed E-state index contributed by atoms with van der Waals surface area (Å²) in [7, 11) is 0. The Morgan fingerprint density at radius 2 is 0.927 bits per heavy atom. The molecule has 204 valence electrons. The Morgan fingerprint density at radius 3 is 1.34 bits per heavy atom. The molecule has 0 saturated carbocycles. The van der Waals surface area contributed by atoms with Crippen LogP contribution < -0.4 is 0 Å². The number of fused-ring (bicyclic) bond motifs is 10. The quantitative estimate of drug-likeness (QED) is 0.171. The first-order valence-electron chi connectivity index (χ1n) is 13.7. The Hall–Kier alpha value is -4.01. The van der Waals surface area contributed by atoms with Gasteiger partial charge in [0.15, 0.2) is 0 Å². The maximum atomic E-state index is 5.32. The van der Waals surface area contributed by atoms with E-state index >= 15 is 0 Å². The van der Waals surface area contributed by atoms with E-state index in [0.717, 1.165) is 56.7 Å². The van der Waals surface area contributed by atoms with Gasteiger partial charge in [-0.05, 0) is 55.9 Å². The Bertz CT molecular complexity index is 1710. The van der Waals surface area contributed by atoms with Crippen molar-refractivity contribution in [3.05, 3.63) is 144 Å². The molecule has 1 aliphatic heterocycles. The third-order valence-corrected chi connectivity index (χ3v) is 8.09. The van der Waals surface area contributed by atoms with Crippen molar-refractivity contribution in [3.63, 3.8) is 0 Å². The smallest absolute Gasteiger partial charge is 0.312 e. The third kappa shape index (κ3) is 4.51. The molecular weight excluding hydrogens is 684 g/mol. The normalized spacial score (nSPS) is 14.5. The molecule has 0 atom stereocenters. The van der Waals surface area contributed by atoms with Crippen LogP contribution in [0.25, 0.3) is 33.9 Å². The van der Waals surface area contributed by atoms with Crippen LogP contribution >= 0.6 is 0 Å². The predicted molar refractivity (Wildman–Crippen MR) is 160 cm³/mol. The summed E-state index contributed by atoms with van der Waals surface area (Å²) in [5, 5.41) is 0. The first-order valence-corrected chi connectivity index (χ1v) is 13.7. The van der Waals surface area contributed by atoms with Crippen molar-refractivity contribution in [3.8, 4) is 33.9 Å². The standard InChI is InChI=1S/C36H30N4.Pt/c1-35(2)27-15-11-13-25(21-27)31-23-39(29-17-7-5-8-18-29)33(37-31)36(3,4)34-38-32(26-14-12-16-28(35)22-26)24-40(34)30-19-9-6-10-20-30;/h5-20,23-24H,1-4H3;/q-2;+2. The summed E-state index contributed by atoms with van der Waals surface area (Å²) in [5.74, 6) is 1.83. The van der Waals surface area contributed by atoms with Gasteiger partial charge >= 0.3 is 21.1 Å². The van der Waals surface area contributed by atoms with E-state index in [-0.39, 0.29) is 26.5 Å². The first kappa shape index (κ1) is 27.2. The number of hydrogen-bond donors (Lipinski definition) is 0. The molecule has 0 fully saturated rings. The van der Waals surface area contributed by atoms with Crippen LogP contribution in [0.2, 0.25) is 0 Å². The van der Waals surface area contributed by atoms with Crippen LogP contribution in [0.3, 0.4) is 0 Å². The average molecular weight is 714 g/mol. The fourth-order valence-electron chi connectivity index (χ4n) is 5.68. The van der Waals surface area contributed by atoms with Gasteiger partial charge in [-0.25, -0.2) is 0 Å². The van der Waals surface area contributed by atoms with E-state index in [1.54, 1.807) is 0 Å². The van der Waals surface area contributed by atoms with E-state index in [1.165, 1.54) is 0 Å². The summed E-state index contributed by atoms with van der Waals surface area (Å²) in [6, 6.07) is 41.0. The molecule has 0 saturated heterocycles. The molecule has 7 rings (SSSR count). The molecule has 0 amide bonds. The predicted octanol–water partition coefficient (Wildman–Crippen LogP) is 7.96. The maximum absolute atomic E-state index is 5.32. The molecule has 0 spiro atoms. The molecule has 1 aliphatic rings. The van der Waals surface area contributed by atoms with E-state index < -0.39 is 5.41 Å². The fourth-order valence-corrected chi connectivity index (χ4v) is 5.68. The first-order chi connectivity index (χ1) is 19.3. The number of benzene rings is 4. The number of nitrogens with zero attached hydrogens (tertiary/aromatic N) is 4. The van der Waals surface area contributed by atoms with Gasteiger partial charge < -0.3 is 9.13 Å². The van der Waals surface area contributed by atoms with Crippen LogP contribution in [0.1, 0.15) is 50.5 Å². The van der Waals surface area contributed by atoms with Crippen LogP contribution in [0, 0.1) is 12.1 Å². The summed E-state index contributed by atoms with van der Waals surface area (Å²) in [6.07, 6.45) is 4.27. The van der Waals surface area contributed by atoms with E-state index in [4.69, 9.17) is 9.97 Å². The Kier molecular flexibility index (Phi) is 6.71. The Morgan fingerprint density at radius 1 is 0.512 bits per heavy atom. The van der Waals surface area contributed by atoms with Crippen molar-refractivity contribution in [2.24, 2.45) is 0 Å². The minimum Gasteiger partial charge on any atom is -0.312 e. The zero-order valence-electron chi connectivity index (χ0n) is 23.5. The van der Waals surface area contributed by atoms with Gasteiger partial charge in [-0.1, -0.05) is 50.2 Å². The minimum absolute atomic E-state index is 0. The van der Waals surface area contributed by atoms with Crippen LogP contribution in [0.5, 0.6) is 0 Å². The molecule has 3 heterocycles. The van der Waals surface area contributed by atoms with Crippen molar-refractivity contribution in [2.45, 2.75) is 38.5 Å². The van der Waals surface area contributed by atoms with Crippen molar-refractivity contribution >= 4 is 0 Å². The monoisotopic (exact) mass is 713 g/mol. The van der Waals surface area contributed by atoms with Gasteiger partial charge in [0, 0.05) is 22.8 Å². The SMILES string of the molecule is CC1(C)c2[c-]c(ccc2)-c2cn(-c3ccccc3)c(n2)C(C)(C)c2nc(cn2-c2ccccc2)-c2[c-]c1ccc2.[Pt+2]. The zero-order chi connectivity index (χ0) is 27.5. The van der Waals surface area contributed by atoms with Gasteiger partial charge in [-0.15, -0.1) is 70.8 Å². The maximum Gasteiger partial charge on any atom is 2.00 e. The number of imidazole rings is 2. The summed E-state index contributed by atoms with van der Waals surface area (Å²) < 4.78 is 4.41. The minimum atomic E-state index is -0.555. The van der Waals surface area contributed by atoms with Gasteiger partial charge in [-0.3, -0.25) is 9.97 Å². The van der Waals surface area contributed by atoms with Gasteiger partial charge in [-0.2, -0.15) is 0 Å². The molecule has 0 aliphatic carbocycles. The molecule has 5 heteroatoms. The molecule has 4 nitrogen and oxygen atoms in total. The average Bonchev–Trinajstić information content (AvgIpc) is 3.65. The van der Waals surface area contributed by atoms with E-state index in [0.29, 0.717) is 0 Å². The van der Waals surface area contributed by atoms with Crippen molar-refractivity contribution in [2.75, 3.05) is 0 Å². The molecular formula is C36H30N4Pt. The molecule has 6 aromatic rings. The molecule has 0 radical (unpaired) electrons. The van der Waals surface area contributed by atoms with Gasteiger partial charge in [0.1, 0.15) is 11.6 Å². The molecule has 0 unspecified atom stereocenters. The van der Waals surface area contributed by atoms with Crippen molar-refractivity contribution in [1.29, 1.82) is 0 Å². The Balaban J connectivity index is 0.00000302. The summed E-state index contributed by atoms with van der Waals surface area (Å²) >= 11 is 0. The summed E-state index contributed by atoms with van der Waals surface area (Å²) in [5.41, 5.74) is 7.16. The molecule has 2 aromatic heterocycles. The largest absolute Gasteiger partial charge is 2.00 e. The van der Waals surface area contributed by atoms with Crippen LogP contribution in [0.15, 0.2) is 109 Å². The van der Waals surface area contributed by atoms with Crippen LogP contribution in [-0.4, -0.2) is 19.1 Å². The van der Waals surface area contributed by atoms with Gasteiger partial charge in [0.05, 0.1) is 5.41 Å². The Labute approximate surface area is 256 Å². The molecule has 4 aromatic carbocycles. The summed E-state index contributed by atoms with van der Waals surface area (Å²) in [6.45, 7) is 8.88. The van der Waals surface area contributed by atoms with Crippen molar-refractivity contribution in [1.82, 2.24) is 19.1 Å². The number of para-hydroxylation sites is 2. The topological polar surface area (TPSA) is 35.6 Å². The second kappa shape index (κ2) is 10.1. The summed E-state index contributed by atoms with van der Waals surface area (Å²) in [4.78, 5) is 10.6. The van der Waals surface area contributed by atoms with Gasteiger partial charge in [0.25, 0.3) is 0 Å². The third-order valence-electron chi connectivity index (χ3n) is 8.09. The van der Waals surface area contributed by atoms with E-state index in [2.05, 4.69) is 146 Å². The molecule has 8 bridgehead atoms. The van der Waals surface area contributed by atoms with Crippen LogP contribution in [-0.2, 0) is 31.9 Å². The van der Waals surface area contributed by atoms with E-state index in [1.807, 2.05) is 12.1 Å². The number of hydrogen-bond acceptors (Lipinski definition) is 2. The zero-order valence-corrected chi connectivity index (χ0v) is 25.8. The number of rotatable bonds is 2. The molecule has 41 heavy (non-hydrogen) atoms. The second-order valence-electron chi connectivity index (χ2n) is 11.5. The number of aromatic nitrogens is 4. The van der Waals surface area contributed by atoms with E-state index in [9.17, 15) is 0 Å². The molecule has 0 N–H and O–H groups in total. The second-order valence-corrected chi connectivity index (χ2v) is 11.5. The van der Waals surface area contributed by atoms with Gasteiger partial charge in [0.2, 0.25) is 0 Å².